The van der Waals surface area contributed by atoms with E-state index in [4.69, 9.17) is 60.9 Å². The quantitative estimate of drug-likeness (QED) is 0.0544. The zero-order valence-electron chi connectivity index (χ0n) is 53.1. The van der Waals surface area contributed by atoms with Gasteiger partial charge in [0.05, 0.1) is 53.2 Å². The lowest BCUT2D eigenvalue weighted by molar-refractivity contribution is -0.140. The second-order valence-corrected chi connectivity index (χ2v) is 21.0. The average Bonchev–Trinajstić information content (AvgIpc) is 0.797. The van der Waals surface area contributed by atoms with E-state index < -0.39 is 53.5 Å². The molecule has 0 saturated carbocycles. The maximum Gasteiger partial charge on any atom is 0.340 e. The van der Waals surface area contributed by atoms with Crippen LogP contribution in [-0.4, -0.2) is 81.6 Å². The molecule has 4 heterocycles. The number of carboxylic acids is 3. The van der Waals surface area contributed by atoms with Gasteiger partial charge in [0.25, 0.3) is 0 Å². The number of carbonyl (C=O) groups is 9. The van der Waals surface area contributed by atoms with Gasteiger partial charge in [-0.05, 0) is 146 Å². The molecule has 492 valence electrons. The number of aromatic carboxylic acids is 3. The molecule has 0 aromatic heterocycles. The number of carbonyl (C=O) groups excluding carboxylic acids is 6. The van der Waals surface area contributed by atoms with Gasteiger partial charge >= 0.3 is 29.8 Å². The minimum Gasteiger partial charge on any atom is -0.478 e. The molecule has 24 heteroatoms. The number of allylic oxidation sites excluding steroid dienone is 10. The molecular weight excluding hydrogens is 1210 g/mol. The zero-order chi connectivity index (χ0) is 69.5. The number of esters is 2. The lowest BCUT2D eigenvalue weighted by Crippen LogP contribution is -2.30. The molecule has 0 radical (unpaired) electrons. The molecule has 24 nitrogen and oxygen atoms in total. The SMILES string of the molecule is C.CC(=O)C1=C(C)OC(N)=C(C#N)C1c1ccccc1C.CC(=O)C1=C(C)OC(N)=C(C)C1c1ccc(C(=O)O)cc1.CC(=O)NC1=C(C#N)C(c2ccc(C(=O)O)cc2)C(C(C)=O)=C(C)O1.CCOC(=O)C1=C(C)OC(N)=C(C(=O)OCC)C1c1ccc(C(=O)O)cc1. The van der Waals surface area contributed by atoms with Crippen molar-refractivity contribution in [3.63, 3.8) is 0 Å². The smallest absolute Gasteiger partial charge is 0.340 e. The van der Waals surface area contributed by atoms with E-state index in [0.717, 1.165) is 22.3 Å². The maximum atomic E-state index is 12.5. The summed E-state index contributed by atoms with van der Waals surface area (Å²) in [5.74, 6) is -6.26. The van der Waals surface area contributed by atoms with Gasteiger partial charge in [-0.25, -0.2) is 24.0 Å². The zero-order valence-corrected chi connectivity index (χ0v) is 53.1. The molecule has 94 heavy (non-hydrogen) atoms. The number of carboxylic acid groups (broad SMARTS) is 3. The van der Waals surface area contributed by atoms with Crippen LogP contribution < -0.4 is 22.5 Å². The molecule has 0 fully saturated rings. The van der Waals surface area contributed by atoms with Gasteiger partial charge in [-0.3, -0.25) is 24.5 Å². The van der Waals surface area contributed by atoms with Crippen molar-refractivity contribution in [3.05, 3.63) is 233 Å². The van der Waals surface area contributed by atoms with Gasteiger partial charge in [-0.2, -0.15) is 10.5 Å². The molecule has 0 aliphatic carbocycles. The Morgan fingerprint density at radius 1 is 0.468 bits per heavy atom. The minimum absolute atomic E-state index is 0. The molecule has 0 bridgehead atoms. The monoisotopic (exact) mass is 1290 g/mol. The summed E-state index contributed by atoms with van der Waals surface area (Å²) < 4.78 is 31.8. The predicted molar refractivity (Wildman–Crippen MR) is 341 cm³/mol. The molecule has 8 rings (SSSR count). The van der Waals surface area contributed by atoms with Crippen LogP contribution >= 0.6 is 0 Å². The molecular formula is C70H74N6O18. The van der Waals surface area contributed by atoms with E-state index in [9.17, 15) is 53.7 Å². The molecule has 10 N–H and O–H groups in total. The van der Waals surface area contributed by atoms with E-state index in [0.29, 0.717) is 33.8 Å². The number of ether oxygens (including phenoxy) is 6. The van der Waals surface area contributed by atoms with Crippen LogP contribution in [0.4, 0.5) is 0 Å². The fraction of sp³-hybridized carbons (Fsp3) is 0.271. The Bertz CT molecular complexity index is 4030. The van der Waals surface area contributed by atoms with Crippen LogP contribution in [0.1, 0.15) is 166 Å². The van der Waals surface area contributed by atoms with Gasteiger partial charge in [0.2, 0.25) is 23.6 Å². The normalized spacial score (nSPS) is 17.3. The van der Waals surface area contributed by atoms with Crippen molar-refractivity contribution < 1.29 is 86.9 Å². The van der Waals surface area contributed by atoms with Crippen LogP contribution in [0.15, 0.2) is 188 Å². The van der Waals surface area contributed by atoms with E-state index in [1.807, 2.05) is 37.3 Å². The van der Waals surface area contributed by atoms with Crippen molar-refractivity contribution >= 4 is 53.1 Å². The van der Waals surface area contributed by atoms with Crippen LogP contribution in [-0.2, 0) is 57.2 Å². The summed E-state index contributed by atoms with van der Waals surface area (Å²) in [6, 6.07) is 29.8. The van der Waals surface area contributed by atoms with Crippen molar-refractivity contribution in [3.8, 4) is 12.1 Å². The Morgan fingerprint density at radius 2 is 0.830 bits per heavy atom. The number of nitrogens with zero attached hydrogens (tertiary/aromatic N) is 2. The van der Waals surface area contributed by atoms with Crippen LogP contribution in [0, 0.1) is 29.6 Å². The first-order chi connectivity index (χ1) is 43.9. The van der Waals surface area contributed by atoms with E-state index in [2.05, 4.69) is 11.4 Å². The number of hydrogen-bond donors (Lipinski definition) is 7. The molecule has 4 aromatic rings. The molecule has 4 unspecified atom stereocenters. The Morgan fingerprint density at radius 3 is 1.23 bits per heavy atom. The van der Waals surface area contributed by atoms with Gasteiger partial charge in [-0.15, -0.1) is 0 Å². The first-order valence-corrected chi connectivity index (χ1v) is 28.6. The molecule has 0 saturated heterocycles. The number of nitrogens with two attached hydrogens (primary N) is 3. The number of ketones is 3. The average molecular weight is 1290 g/mol. The van der Waals surface area contributed by atoms with Gasteiger partial charge in [-0.1, -0.05) is 68.1 Å². The molecule has 4 aliphatic rings. The summed E-state index contributed by atoms with van der Waals surface area (Å²) in [7, 11) is 0. The number of hydrogen-bond acceptors (Lipinski definition) is 20. The third-order valence-electron chi connectivity index (χ3n) is 14.8. The van der Waals surface area contributed by atoms with E-state index in [-0.39, 0.29) is 124 Å². The maximum absolute atomic E-state index is 12.5. The minimum atomic E-state index is -1.09. The molecule has 1 amide bonds. The van der Waals surface area contributed by atoms with Gasteiger partial charge < -0.3 is 60.9 Å². The summed E-state index contributed by atoms with van der Waals surface area (Å²) in [6.07, 6.45) is 0. The summed E-state index contributed by atoms with van der Waals surface area (Å²) in [4.78, 5) is 105. The summed E-state index contributed by atoms with van der Waals surface area (Å²) >= 11 is 0. The third kappa shape index (κ3) is 17.2. The van der Waals surface area contributed by atoms with E-state index in [1.165, 1.54) is 76.2 Å². The third-order valence-corrected chi connectivity index (χ3v) is 14.8. The van der Waals surface area contributed by atoms with Crippen molar-refractivity contribution in [2.75, 3.05) is 13.2 Å². The summed E-state index contributed by atoms with van der Waals surface area (Å²) in [6.45, 7) is 19.4. The first kappa shape index (κ1) is 74.7. The predicted octanol–water partition coefficient (Wildman–Crippen LogP) is 10.2. The number of amides is 1. The van der Waals surface area contributed by atoms with Crippen LogP contribution in [0.3, 0.4) is 0 Å². The number of rotatable bonds is 15. The molecule has 4 aliphatic heterocycles. The Hall–Kier alpha value is -11.8. The van der Waals surface area contributed by atoms with E-state index in [1.54, 1.807) is 72.7 Å². The highest BCUT2D eigenvalue weighted by Gasteiger charge is 2.41. The number of Topliss-reactive ketones (excluding diaryl/α,β-unsaturated/α-hetero) is 3. The topological polar surface area (TPSA) is 407 Å². The highest BCUT2D eigenvalue weighted by Crippen LogP contribution is 2.44. The highest BCUT2D eigenvalue weighted by atomic mass is 16.5. The van der Waals surface area contributed by atoms with Crippen LogP contribution in [0.2, 0.25) is 0 Å². The largest absolute Gasteiger partial charge is 0.478 e. The van der Waals surface area contributed by atoms with Crippen molar-refractivity contribution in [1.82, 2.24) is 5.32 Å². The van der Waals surface area contributed by atoms with Gasteiger partial charge in [0.15, 0.2) is 23.2 Å². The Labute approximate surface area is 543 Å². The first-order valence-electron chi connectivity index (χ1n) is 28.6. The number of aryl methyl sites for hydroxylation is 1. The molecule has 4 aromatic carbocycles. The van der Waals surface area contributed by atoms with Crippen molar-refractivity contribution in [2.24, 2.45) is 17.2 Å². The molecule has 4 atom stereocenters. The second kappa shape index (κ2) is 32.8. The summed E-state index contributed by atoms with van der Waals surface area (Å²) in [5.41, 5.74) is 24.2. The lowest BCUT2D eigenvalue weighted by Gasteiger charge is -2.28. The fourth-order valence-electron chi connectivity index (χ4n) is 10.6. The Kier molecular flexibility index (Phi) is 26.1. The van der Waals surface area contributed by atoms with Crippen molar-refractivity contribution in [2.45, 2.75) is 114 Å². The number of nitrogens with one attached hydrogen (secondary N) is 1. The standard InChI is InChI=1S/C19H21NO7.C18H16N2O5.C16H16N2O2.C16H17NO4.CH4/c1-4-25-18(23)13-10(3)27-16(20)15(19(24)26-5-2)14(13)11-6-8-12(9-7-11)17(21)22;1-9(21)15-10(2)25-17(20-11(3)22)14(8-19)16(15)12-4-6-13(7-5-12)18(23)24;1-9-6-4-5-7-12(9)15-13(8-17)16(18)20-11(3)14(15)10(2)19;1-8-13(11-4-6-12(7-5-11)16(19)20)14(9(2)18)10(3)21-15(8)17;/h6-9,14H,4-5,20H2,1-3H3,(H,21,22);4-7,16H,1-3H3,(H,20,22)(H,23,24);4-7,15H,18H2,1-3H3;4-7,13H,17H2,1-3H3,(H,19,20);1H4. The van der Waals surface area contributed by atoms with Crippen molar-refractivity contribution in [1.29, 1.82) is 10.5 Å². The Balaban J connectivity index is 0.000000268. The summed E-state index contributed by atoms with van der Waals surface area (Å²) in [5, 5.41) is 48.4. The van der Waals surface area contributed by atoms with Gasteiger partial charge in [0.1, 0.15) is 51.9 Å². The van der Waals surface area contributed by atoms with Gasteiger partial charge in [0, 0.05) is 29.6 Å². The highest BCUT2D eigenvalue weighted by molar-refractivity contribution is 6.00. The number of nitriles is 2. The fourth-order valence-corrected chi connectivity index (χ4v) is 10.6. The second-order valence-electron chi connectivity index (χ2n) is 21.0. The van der Waals surface area contributed by atoms with Crippen LogP contribution in [0.5, 0.6) is 0 Å². The molecule has 0 spiro atoms. The van der Waals surface area contributed by atoms with Crippen LogP contribution in [0.25, 0.3) is 0 Å². The number of benzene rings is 4. The van der Waals surface area contributed by atoms with E-state index >= 15 is 0 Å². The lowest BCUT2D eigenvalue weighted by atomic mass is 9.80.